The van der Waals surface area contributed by atoms with Gasteiger partial charge in [-0.1, -0.05) is 24.4 Å². The molecule has 1 aliphatic heterocycles. The molecule has 8 heteroatoms. The number of rotatable bonds is 1. The van der Waals surface area contributed by atoms with Crippen LogP contribution in [0.2, 0.25) is 0 Å². The molecule has 1 fully saturated rings. The Balaban J connectivity index is 2.71. The van der Waals surface area contributed by atoms with Crippen LogP contribution in [0.5, 0.6) is 0 Å². The normalized spacial score (nSPS) is 39.2. The summed E-state index contributed by atoms with van der Waals surface area (Å²) in [6.07, 6.45) is 1.31. The van der Waals surface area contributed by atoms with Crippen molar-refractivity contribution in [3.8, 4) is 0 Å². The summed E-state index contributed by atoms with van der Waals surface area (Å²) in [5, 5.41) is -2.32. The van der Waals surface area contributed by atoms with Gasteiger partial charge in [0, 0.05) is 11.1 Å². The fraction of sp³-hybridized carbons (Fsp3) is 0.600. The van der Waals surface area contributed by atoms with E-state index >= 15 is 0 Å². The molecule has 1 heterocycles. The highest BCUT2D eigenvalue weighted by atomic mass is 19.3. The van der Waals surface area contributed by atoms with E-state index in [1.54, 1.807) is 0 Å². The number of allylic oxidation sites excluding steroid dienone is 3. The van der Waals surface area contributed by atoms with E-state index in [-0.39, 0.29) is 6.08 Å². The maximum Gasteiger partial charge on any atom is 0.310 e. The molecule has 2 aliphatic rings. The third-order valence-corrected chi connectivity index (χ3v) is 3.24. The monoisotopic (exact) mass is 272 g/mol. The zero-order chi connectivity index (χ0) is 13.9. The van der Waals surface area contributed by atoms with Crippen molar-refractivity contribution in [2.24, 2.45) is 5.92 Å². The minimum atomic E-state index is -4.36. The van der Waals surface area contributed by atoms with Gasteiger partial charge in [0.25, 0.3) is 11.5 Å². The lowest BCUT2D eigenvalue weighted by molar-refractivity contribution is -0.331. The van der Waals surface area contributed by atoms with Crippen LogP contribution >= 0.6 is 0 Å². The molecule has 2 unspecified atom stereocenters. The van der Waals surface area contributed by atoms with Crippen molar-refractivity contribution in [2.75, 3.05) is 0 Å². The van der Waals surface area contributed by atoms with E-state index in [1.807, 2.05) is 0 Å². The highest BCUT2D eigenvalue weighted by molar-refractivity contribution is 5.40. The molecule has 0 saturated carbocycles. The molecule has 0 N–H and O–H groups in total. The second-order valence-electron chi connectivity index (χ2n) is 4.54. The molecule has 0 radical (unpaired) electrons. The number of halogens is 6. The van der Waals surface area contributed by atoms with E-state index in [1.165, 1.54) is 0 Å². The average molecular weight is 272 g/mol. The molecule has 0 bridgehead atoms. The van der Waals surface area contributed by atoms with Crippen molar-refractivity contribution in [3.63, 3.8) is 0 Å². The quantitative estimate of drug-likeness (QED) is 0.410. The smallest absolute Gasteiger partial charge is 0.224 e. The molecule has 102 valence electrons. The van der Waals surface area contributed by atoms with Gasteiger partial charge in [-0.05, 0) is 12.2 Å². The van der Waals surface area contributed by atoms with Crippen LogP contribution in [0.1, 0.15) is 13.8 Å². The zero-order valence-electron chi connectivity index (χ0n) is 9.47. The van der Waals surface area contributed by atoms with Gasteiger partial charge in [0.1, 0.15) is 5.70 Å². The topological polar surface area (TPSA) is 6.48 Å². The number of nitrogens with zero attached hydrogens (tertiary/aromatic N) is 2. The molecule has 0 aromatic rings. The second-order valence-corrected chi connectivity index (χ2v) is 4.54. The number of fused-ring (bicyclic) bond motifs is 1. The Hall–Kier alpha value is -1.18. The third-order valence-electron chi connectivity index (χ3n) is 3.24. The molecule has 2 nitrogen and oxygen atoms in total. The van der Waals surface area contributed by atoms with Crippen LogP contribution in [0.4, 0.5) is 26.5 Å². The Morgan fingerprint density at radius 1 is 1.11 bits per heavy atom. The van der Waals surface area contributed by atoms with E-state index in [4.69, 9.17) is 0 Å². The van der Waals surface area contributed by atoms with Gasteiger partial charge in [0.05, 0.1) is 0 Å². The Labute approximate surface area is 99.0 Å². The molecule has 1 aliphatic carbocycles. The molecule has 18 heavy (non-hydrogen) atoms. The highest BCUT2D eigenvalue weighted by Crippen LogP contribution is 2.60. The van der Waals surface area contributed by atoms with Crippen LogP contribution in [-0.4, -0.2) is 27.8 Å². The molecule has 0 spiro atoms. The van der Waals surface area contributed by atoms with Crippen molar-refractivity contribution in [1.29, 1.82) is 0 Å². The lowest BCUT2D eigenvalue weighted by Gasteiger charge is -2.39. The SMILES string of the molecule is CC(C)C1(F)N(F)N(F)C2=CC=CC(F)(F)C21F. The summed E-state index contributed by atoms with van der Waals surface area (Å²) in [5.74, 6) is -9.74. The fourth-order valence-corrected chi connectivity index (χ4v) is 2.22. The van der Waals surface area contributed by atoms with Gasteiger partial charge in [-0.3, -0.25) is 0 Å². The van der Waals surface area contributed by atoms with E-state index in [9.17, 15) is 26.5 Å². The Morgan fingerprint density at radius 3 is 2.17 bits per heavy atom. The summed E-state index contributed by atoms with van der Waals surface area (Å²) >= 11 is 0. The first kappa shape index (κ1) is 13.3. The van der Waals surface area contributed by atoms with Gasteiger partial charge in [0.2, 0.25) is 0 Å². The Bertz CT molecular complexity index is 434. The minimum absolute atomic E-state index is 0.0835. The van der Waals surface area contributed by atoms with Gasteiger partial charge in [-0.25, -0.2) is 8.78 Å². The van der Waals surface area contributed by atoms with Crippen LogP contribution in [-0.2, 0) is 0 Å². The van der Waals surface area contributed by atoms with E-state index < -0.39 is 39.5 Å². The summed E-state index contributed by atoms with van der Waals surface area (Å²) < 4.78 is 83.0. The lowest BCUT2D eigenvalue weighted by Crippen LogP contribution is -2.62. The zero-order valence-corrected chi connectivity index (χ0v) is 9.47. The first-order chi connectivity index (χ1) is 8.10. The summed E-state index contributed by atoms with van der Waals surface area (Å²) in [6, 6.07) is 0. The second kappa shape index (κ2) is 3.43. The van der Waals surface area contributed by atoms with Crippen LogP contribution in [0.15, 0.2) is 23.9 Å². The molecule has 0 amide bonds. The standard InChI is InChI=1S/C10H10F6N2/c1-6(2)10(14)9(13)7(17(15)18(10)16)4-3-5-8(9,11)12/h3-6H,1-2H3. The molecule has 0 aromatic carbocycles. The number of hydrogen-bond acceptors (Lipinski definition) is 2. The minimum Gasteiger partial charge on any atom is -0.224 e. The van der Waals surface area contributed by atoms with Crippen molar-refractivity contribution >= 4 is 0 Å². The first-order valence-electron chi connectivity index (χ1n) is 5.18. The van der Waals surface area contributed by atoms with Crippen LogP contribution < -0.4 is 0 Å². The van der Waals surface area contributed by atoms with E-state index in [0.717, 1.165) is 13.8 Å². The predicted octanol–water partition coefficient (Wildman–Crippen LogP) is 3.41. The average Bonchev–Trinajstić information content (AvgIpc) is 2.42. The van der Waals surface area contributed by atoms with Crippen LogP contribution in [0.3, 0.4) is 0 Å². The van der Waals surface area contributed by atoms with Gasteiger partial charge in [0.15, 0.2) is 0 Å². The molecular weight excluding hydrogens is 262 g/mol. The predicted molar refractivity (Wildman–Crippen MR) is 50.6 cm³/mol. The van der Waals surface area contributed by atoms with Gasteiger partial charge in [-0.15, -0.1) is 9.71 Å². The van der Waals surface area contributed by atoms with Crippen LogP contribution in [0, 0.1) is 5.92 Å². The van der Waals surface area contributed by atoms with Crippen molar-refractivity contribution < 1.29 is 26.5 Å². The van der Waals surface area contributed by atoms with Crippen LogP contribution in [0.25, 0.3) is 0 Å². The number of hydrazine groups is 1. The van der Waals surface area contributed by atoms with E-state index in [0.29, 0.717) is 12.2 Å². The fourth-order valence-electron chi connectivity index (χ4n) is 2.22. The highest BCUT2D eigenvalue weighted by Gasteiger charge is 2.81. The molecule has 2 rings (SSSR count). The Morgan fingerprint density at radius 2 is 1.67 bits per heavy atom. The third kappa shape index (κ3) is 1.14. The van der Waals surface area contributed by atoms with Gasteiger partial charge >= 0.3 is 5.92 Å². The van der Waals surface area contributed by atoms with Crippen molar-refractivity contribution in [1.82, 2.24) is 10.5 Å². The summed E-state index contributed by atoms with van der Waals surface area (Å²) in [7, 11) is 0. The first-order valence-corrected chi connectivity index (χ1v) is 5.18. The molecular formula is C10H10F6N2. The molecule has 2 atom stereocenters. The lowest BCUT2D eigenvalue weighted by atomic mass is 9.78. The van der Waals surface area contributed by atoms with Gasteiger partial charge < -0.3 is 0 Å². The largest absolute Gasteiger partial charge is 0.310 e. The number of hydrogen-bond donors (Lipinski definition) is 0. The summed E-state index contributed by atoms with van der Waals surface area (Å²) in [4.78, 5) is 0. The molecule has 0 aromatic heterocycles. The summed E-state index contributed by atoms with van der Waals surface area (Å²) in [6.45, 7) is 1.97. The van der Waals surface area contributed by atoms with Gasteiger partial charge in [-0.2, -0.15) is 8.78 Å². The van der Waals surface area contributed by atoms with E-state index in [2.05, 4.69) is 0 Å². The maximum absolute atomic E-state index is 14.5. The van der Waals surface area contributed by atoms with Crippen molar-refractivity contribution in [3.05, 3.63) is 23.9 Å². The summed E-state index contributed by atoms with van der Waals surface area (Å²) in [5.41, 5.74) is -5.51. The molecule has 1 saturated heterocycles. The van der Waals surface area contributed by atoms with Crippen molar-refractivity contribution in [2.45, 2.75) is 31.2 Å². The number of alkyl halides is 4. The maximum atomic E-state index is 14.5. The Kier molecular flexibility index (Phi) is 2.53.